The van der Waals surface area contributed by atoms with E-state index in [0.29, 0.717) is 27.8 Å². The molecule has 3 atom stereocenters. The number of benzene rings is 4. The quantitative estimate of drug-likeness (QED) is 0.0838. The maximum absolute atomic E-state index is 14.5. The third-order valence-corrected chi connectivity index (χ3v) is 10.3. The van der Waals surface area contributed by atoms with E-state index < -0.39 is 56.9 Å². The van der Waals surface area contributed by atoms with Gasteiger partial charge in [-0.25, -0.2) is 4.79 Å². The fourth-order valence-electron chi connectivity index (χ4n) is 7.17. The van der Waals surface area contributed by atoms with Gasteiger partial charge >= 0.3 is 5.97 Å². The van der Waals surface area contributed by atoms with E-state index in [9.17, 15) is 24.5 Å². The predicted octanol–water partition coefficient (Wildman–Crippen LogP) is 5.84. The number of esters is 1. The molecule has 2 amide bonds. The topological polar surface area (TPSA) is 107 Å². The first-order valence-electron chi connectivity index (χ1n) is 14.1. The van der Waals surface area contributed by atoms with Crippen LogP contribution in [0.3, 0.4) is 0 Å². The largest absolute Gasteiger partial charge is 0.459 e. The van der Waals surface area contributed by atoms with Gasteiger partial charge in [-0.3, -0.25) is 24.6 Å². The van der Waals surface area contributed by atoms with Gasteiger partial charge < -0.3 is 4.74 Å². The average molecular weight is 627 g/mol. The monoisotopic (exact) mass is 626 g/mol. The second-order valence-electron chi connectivity index (χ2n) is 11.2. The molecule has 4 aromatic rings. The van der Waals surface area contributed by atoms with Crippen molar-refractivity contribution >= 4 is 46.7 Å². The fourth-order valence-corrected chi connectivity index (χ4v) is 8.27. The van der Waals surface area contributed by atoms with Gasteiger partial charge in [-0.2, -0.15) is 0 Å². The molecule has 8 nitrogen and oxygen atoms in total. The number of nitrogens with zero attached hydrogens (tertiary/aromatic N) is 2. The van der Waals surface area contributed by atoms with Crippen LogP contribution in [-0.2, 0) is 41.9 Å². The molecule has 1 aliphatic heterocycles. The zero-order valence-electron chi connectivity index (χ0n) is 23.1. The number of carbonyl (C=O) groups is 3. The molecular formula is C34H24Cl2N2O6. The molecule has 44 heavy (non-hydrogen) atoms. The predicted molar refractivity (Wildman–Crippen MR) is 162 cm³/mol. The van der Waals surface area contributed by atoms with Crippen molar-refractivity contribution in [1.29, 1.82) is 0 Å². The van der Waals surface area contributed by atoms with Crippen molar-refractivity contribution in [2.24, 2.45) is 11.8 Å². The van der Waals surface area contributed by atoms with Crippen LogP contribution in [0.15, 0.2) is 103 Å². The Kier molecular flexibility index (Phi) is 6.60. The average Bonchev–Trinajstić information content (AvgIpc) is 3.32. The lowest BCUT2D eigenvalue weighted by Gasteiger charge is -2.54. The summed E-state index contributed by atoms with van der Waals surface area (Å²) in [6, 6.07) is 28.1. The third kappa shape index (κ3) is 3.87. The normalized spacial score (nSPS) is 25.2. The van der Waals surface area contributed by atoms with Crippen LogP contribution in [0.4, 0.5) is 5.69 Å². The van der Waals surface area contributed by atoms with E-state index in [1.54, 1.807) is 30.3 Å². The molecule has 0 aromatic heterocycles. The van der Waals surface area contributed by atoms with E-state index in [0.717, 1.165) is 4.90 Å². The minimum Gasteiger partial charge on any atom is -0.459 e. The standard InChI is InChI=1S/C34H24Cl2N2O6/c35-33-22-13-5-6-14-23(22)34(36,25-16-8-7-15-24(25)33)29-28(33)30(39)37(31(29)40)27(18-20-10-2-1-3-11-20)32(41)44-19-21-12-4-9-17-26(21)38(42)43/h1-17,27-29H,18-19H2/t27-,28-,29+,33?,34?/m0/s1. The number of carbonyl (C=O) groups excluding carboxylic acids is 3. The number of para-hydroxylation sites is 1. The minimum absolute atomic E-state index is 0.0298. The molecule has 0 radical (unpaired) electrons. The van der Waals surface area contributed by atoms with Crippen LogP contribution in [0.2, 0.25) is 0 Å². The lowest BCUT2D eigenvalue weighted by Crippen LogP contribution is -2.57. The maximum atomic E-state index is 14.5. The molecule has 1 heterocycles. The molecule has 10 heteroatoms. The van der Waals surface area contributed by atoms with Gasteiger partial charge in [0.25, 0.3) is 5.69 Å². The molecule has 2 bridgehead atoms. The first kappa shape index (κ1) is 28.3. The summed E-state index contributed by atoms with van der Waals surface area (Å²) < 4.78 is 5.60. The number of rotatable bonds is 7. The summed E-state index contributed by atoms with van der Waals surface area (Å²) in [5.41, 5.74) is 3.26. The molecule has 0 saturated carbocycles. The molecule has 0 unspecified atom stereocenters. The van der Waals surface area contributed by atoms with Crippen LogP contribution >= 0.6 is 23.2 Å². The van der Waals surface area contributed by atoms with Crippen molar-refractivity contribution in [2.75, 3.05) is 0 Å². The maximum Gasteiger partial charge on any atom is 0.330 e. The van der Waals surface area contributed by atoms with Gasteiger partial charge in [0.15, 0.2) is 0 Å². The van der Waals surface area contributed by atoms with Crippen molar-refractivity contribution in [3.8, 4) is 0 Å². The molecule has 1 saturated heterocycles. The number of likely N-dealkylation sites (tertiary alicyclic amines) is 1. The molecular weight excluding hydrogens is 603 g/mol. The summed E-state index contributed by atoms with van der Waals surface area (Å²) >= 11 is 15.1. The molecule has 0 spiro atoms. The summed E-state index contributed by atoms with van der Waals surface area (Å²) in [5.74, 6) is -4.28. The zero-order valence-corrected chi connectivity index (χ0v) is 24.6. The van der Waals surface area contributed by atoms with Crippen molar-refractivity contribution in [3.05, 3.63) is 147 Å². The van der Waals surface area contributed by atoms with E-state index in [1.807, 2.05) is 54.6 Å². The van der Waals surface area contributed by atoms with Gasteiger partial charge in [0, 0.05) is 12.5 Å². The Labute approximate surface area is 262 Å². The van der Waals surface area contributed by atoms with Gasteiger partial charge in [0.05, 0.1) is 22.3 Å². The molecule has 0 N–H and O–H groups in total. The van der Waals surface area contributed by atoms with E-state index in [2.05, 4.69) is 0 Å². The Bertz CT molecular complexity index is 1740. The molecule has 3 aliphatic carbocycles. The Morgan fingerprint density at radius 2 is 1.23 bits per heavy atom. The molecule has 4 aliphatic rings. The molecule has 220 valence electrons. The third-order valence-electron chi connectivity index (χ3n) is 9.03. The van der Waals surface area contributed by atoms with E-state index in [-0.39, 0.29) is 17.7 Å². The lowest BCUT2D eigenvalue weighted by atomic mass is 9.54. The molecule has 8 rings (SSSR count). The number of nitro groups is 1. The van der Waals surface area contributed by atoms with Crippen LogP contribution in [-0.4, -0.2) is 33.6 Å². The van der Waals surface area contributed by atoms with E-state index >= 15 is 0 Å². The second-order valence-corrected chi connectivity index (χ2v) is 12.4. The fraction of sp³-hybridized carbons (Fsp3) is 0.206. The molecule has 4 aromatic carbocycles. The van der Waals surface area contributed by atoms with Gasteiger partial charge in [-0.15, -0.1) is 23.2 Å². The lowest BCUT2D eigenvalue weighted by molar-refractivity contribution is -0.385. The first-order chi connectivity index (χ1) is 21.2. The summed E-state index contributed by atoms with van der Waals surface area (Å²) in [6.45, 7) is -0.417. The number of imide groups is 1. The first-order valence-corrected chi connectivity index (χ1v) is 14.8. The summed E-state index contributed by atoms with van der Waals surface area (Å²) in [4.78, 5) is 52.1. The zero-order chi connectivity index (χ0) is 30.8. The smallest absolute Gasteiger partial charge is 0.330 e. The van der Waals surface area contributed by atoms with Crippen molar-refractivity contribution in [2.45, 2.75) is 28.8 Å². The van der Waals surface area contributed by atoms with Crippen molar-refractivity contribution in [3.63, 3.8) is 0 Å². The highest BCUT2D eigenvalue weighted by Gasteiger charge is 2.73. The van der Waals surface area contributed by atoms with Gasteiger partial charge in [-0.05, 0) is 33.9 Å². The molecule has 1 fully saturated rings. The summed E-state index contributed by atoms with van der Waals surface area (Å²) in [6.07, 6.45) is -0.0298. The number of nitro benzene ring substituents is 1. The highest BCUT2D eigenvalue weighted by Crippen LogP contribution is 2.69. The Morgan fingerprint density at radius 3 is 1.73 bits per heavy atom. The Balaban J connectivity index is 1.31. The van der Waals surface area contributed by atoms with Crippen molar-refractivity contribution < 1.29 is 24.0 Å². The number of halogens is 2. The SMILES string of the molecule is O=C(OCc1ccccc1[N+](=O)[O-])[C@H](Cc1ccccc1)N1C(=O)[C@@H]2[C@H](C1=O)C1(Cl)c3ccccc3C2(Cl)c2ccccc21. The van der Waals surface area contributed by atoms with E-state index in [1.165, 1.54) is 18.2 Å². The summed E-state index contributed by atoms with van der Waals surface area (Å²) in [7, 11) is 0. The second kappa shape index (κ2) is 10.3. The van der Waals surface area contributed by atoms with Crippen molar-refractivity contribution in [1.82, 2.24) is 4.90 Å². The number of ether oxygens (including phenoxy) is 1. The Hall–Kier alpha value is -4.53. The van der Waals surface area contributed by atoms with Crippen LogP contribution in [0.25, 0.3) is 0 Å². The minimum atomic E-state index is -1.40. The van der Waals surface area contributed by atoms with Crippen LogP contribution in [0, 0.1) is 22.0 Å². The van der Waals surface area contributed by atoms with E-state index in [4.69, 9.17) is 27.9 Å². The number of alkyl halides is 2. The highest BCUT2D eigenvalue weighted by atomic mass is 35.5. The highest BCUT2D eigenvalue weighted by molar-refractivity contribution is 6.36. The van der Waals surface area contributed by atoms with Crippen LogP contribution < -0.4 is 0 Å². The van der Waals surface area contributed by atoms with Crippen LogP contribution in [0.5, 0.6) is 0 Å². The van der Waals surface area contributed by atoms with Gasteiger partial charge in [-0.1, -0.05) is 91.0 Å². The van der Waals surface area contributed by atoms with Gasteiger partial charge in [0.1, 0.15) is 22.4 Å². The van der Waals surface area contributed by atoms with Gasteiger partial charge in [0.2, 0.25) is 11.8 Å². The van der Waals surface area contributed by atoms with Crippen LogP contribution in [0.1, 0.15) is 33.4 Å². The number of hydrogen-bond acceptors (Lipinski definition) is 6. The summed E-state index contributed by atoms with van der Waals surface area (Å²) in [5, 5.41) is 11.5. The number of amides is 2. The number of hydrogen-bond donors (Lipinski definition) is 0. The Morgan fingerprint density at radius 1 is 0.773 bits per heavy atom.